The fourth-order valence-electron chi connectivity index (χ4n) is 2.17. The second kappa shape index (κ2) is 7.86. The molecule has 0 aromatic carbocycles. The first-order valence-corrected chi connectivity index (χ1v) is 9.04. The lowest BCUT2D eigenvalue weighted by Crippen LogP contribution is -2.34. The van der Waals surface area contributed by atoms with E-state index in [4.69, 9.17) is 9.15 Å². The van der Waals surface area contributed by atoms with E-state index in [1.807, 2.05) is 20.8 Å². The van der Waals surface area contributed by atoms with Gasteiger partial charge in [0.25, 0.3) is 0 Å². The molecule has 0 unspecified atom stereocenters. The molecule has 2 aromatic rings. The number of carbonyl (C=O) groups excluding carboxylic acids is 3. The summed E-state index contributed by atoms with van der Waals surface area (Å²) in [6, 6.07) is 5.04. The van der Waals surface area contributed by atoms with Gasteiger partial charge in [-0.15, -0.1) is 11.3 Å². The third-order valence-corrected chi connectivity index (χ3v) is 4.76. The van der Waals surface area contributed by atoms with Crippen molar-refractivity contribution < 1.29 is 23.5 Å². The van der Waals surface area contributed by atoms with E-state index in [1.54, 1.807) is 32.0 Å². The Bertz CT molecular complexity index is 825. The molecule has 0 aliphatic heterocycles. The van der Waals surface area contributed by atoms with Gasteiger partial charge in [-0.2, -0.15) is 0 Å². The van der Waals surface area contributed by atoms with Gasteiger partial charge in [0.15, 0.2) is 6.61 Å². The number of thiophene rings is 1. The summed E-state index contributed by atoms with van der Waals surface area (Å²) in [5.74, 6) is 0.156. The van der Waals surface area contributed by atoms with Crippen LogP contribution in [0.4, 0.5) is 0 Å². The lowest BCUT2D eigenvalue weighted by molar-refractivity contribution is -0.128. The molecule has 2 heterocycles. The summed E-state index contributed by atoms with van der Waals surface area (Å²) in [6.45, 7) is 8.94. The van der Waals surface area contributed by atoms with E-state index in [2.05, 4.69) is 5.32 Å². The molecule has 0 atom stereocenters. The van der Waals surface area contributed by atoms with Crippen LogP contribution in [0.3, 0.4) is 0 Å². The number of ketones is 1. The molecule has 6 nitrogen and oxygen atoms in total. The number of esters is 1. The highest BCUT2D eigenvalue weighted by atomic mass is 32.1. The molecule has 1 amide bonds. The third kappa shape index (κ3) is 5.05. The first kappa shape index (κ1) is 19.9. The molecule has 140 valence electrons. The van der Waals surface area contributed by atoms with Gasteiger partial charge in [0.1, 0.15) is 17.1 Å². The number of Topliss-reactive ketones (excluding diaryl/α,β-unsaturated/α-hetero) is 1. The van der Waals surface area contributed by atoms with Crippen molar-refractivity contribution >= 4 is 29.0 Å². The number of rotatable bonds is 6. The molecule has 0 aliphatic carbocycles. The monoisotopic (exact) mass is 377 g/mol. The molecule has 1 N–H and O–H groups in total. The van der Waals surface area contributed by atoms with Gasteiger partial charge in [0.2, 0.25) is 11.7 Å². The van der Waals surface area contributed by atoms with Crippen molar-refractivity contribution in [1.82, 2.24) is 5.32 Å². The number of hydrogen-bond donors (Lipinski definition) is 1. The van der Waals surface area contributed by atoms with E-state index in [9.17, 15) is 14.4 Å². The smallest absolute Gasteiger partial charge is 0.342 e. The Hall–Kier alpha value is -2.41. The van der Waals surface area contributed by atoms with Crippen LogP contribution in [0, 0.1) is 19.3 Å². The zero-order chi connectivity index (χ0) is 19.5. The quantitative estimate of drug-likeness (QED) is 0.613. The maximum atomic E-state index is 12.2. The molecule has 26 heavy (non-hydrogen) atoms. The molecule has 0 bridgehead atoms. The zero-order valence-corrected chi connectivity index (χ0v) is 16.4. The normalized spacial score (nSPS) is 11.3. The molecular formula is C19H23NO5S. The summed E-state index contributed by atoms with van der Waals surface area (Å²) in [7, 11) is 0. The van der Waals surface area contributed by atoms with E-state index in [0.29, 0.717) is 28.5 Å². The minimum atomic E-state index is -0.582. The Morgan fingerprint density at radius 3 is 2.46 bits per heavy atom. The number of aryl methyl sites for hydroxylation is 2. The molecule has 2 aromatic heterocycles. The van der Waals surface area contributed by atoms with E-state index in [-0.39, 0.29) is 18.3 Å². The molecule has 7 heteroatoms. The highest BCUT2D eigenvalue weighted by molar-refractivity contribution is 7.14. The van der Waals surface area contributed by atoms with Crippen LogP contribution in [-0.4, -0.2) is 24.3 Å². The average molecular weight is 377 g/mol. The number of nitrogens with one attached hydrogen (secondary N) is 1. The average Bonchev–Trinajstić information content (AvgIpc) is 3.15. The topological polar surface area (TPSA) is 85.6 Å². The summed E-state index contributed by atoms with van der Waals surface area (Å²) in [5, 5.41) is 2.84. The lowest BCUT2D eigenvalue weighted by Gasteiger charge is -2.17. The summed E-state index contributed by atoms with van der Waals surface area (Å²) in [6.07, 6.45) is 0. The minimum absolute atomic E-state index is 0.0570. The van der Waals surface area contributed by atoms with Crippen molar-refractivity contribution in [1.29, 1.82) is 0 Å². The third-order valence-electron chi connectivity index (χ3n) is 3.64. The molecule has 0 saturated heterocycles. The molecule has 0 fully saturated rings. The number of furan rings is 1. The predicted molar refractivity (Wildman–Crippen MR) is 98.4 cm³/mol. The van der Waals surface area contributed by atoms with Crippen LogP contribution >= 0.6 is 11.3 Å². The van der Waals surface area contributed by atoms with Crippen LogP contribution in [0.2, 0.25) is 0 Å². The van der Waals surface area contributed by atoms with E-state index in [0.717, 1.165) is 4.88 Å². The van der Waals surface area contributed by atoms with Gasteiger partial charge in [0, 0.05) is 10.3 Å². The SMILES string of the molecule is Cc1cc(C(=O)OCC(=O)c2ccc(CNC(=O)C(C)(C)C)s2)c(C)o1. The first-order chi connectivity index (χ1) is 12.1. The van der Waals surface area contributed by atoms with Crippen molar-refractivity contribution in [2.75, 3.05) is 6.61 Å². The molecule has 0 radical (unpaired) electrons. The maximum absolute atomic E-state index is 12.2. The lowest BCUT2D eigenvalue weighted by atomic mass is 9.96. The van der Waals surface area contributed by atoms with E-state index < -0.39 is 11.4 Å². The van der Waals surface area contributed by atoms with Gasteiger partial charge in [-0.25, -0.2) is 4.79 Å². The summed E-state index contributed by atoms with van der Waals surface area (Å²) in [5.41, 5.74) is -0.139. The van der Waals surface area contributed by atoms with E-state index in [1.165, 1.54) is 11.3 Å². The van der Waals surface area contributed by atoms with Crippen molar-refractivity contribution in [3.63, 3.8) is 0 Å². The Labute approximate surface area is 156 Å². The van der Waals surface area contributed by atoms with Crippen molar-refractivity contribution in [2.24, 2.45) is 5.41 Å². The van der Waals surface area contributed by atoms with Crippen LogP contribution < -0.4 is 5.32 Å². The molecule has 2 rings (SSSR count). The van der Waals surface area contributed by atoms with Gasteiger partial charge in [0.05, 0.1) is 11.4 Å². The zero-order valence-electron chi connectivity index (χ0n) is 15.6. The summed E-state index contributed by atoms with van der Waals surface area (Å²) in [4.78, 5) is 37.4. The molecule has 0 saturated carbocycles. The number of amides is 1. The number of carbonyl (C=O) groups is 3. The van der Waals surface area contributed by atoms with Gasteiger partial charge in [-0.3, -0.25) is 9.59 Å². The standard InChI is InChI=1S/C19H23NO5S/c1-11-8-14(12(2)25-11)17(22)24-10-15(21)16-7-6-13(26-16)9-20-18(23)19(3,4)5/h6-8H,9-10H2,1-5H3,(H,20,23). The highest BCUT2D eigenvalue weighted by Gasteiger charge is 2.21. The van der Waals surface area contributed by atoms with Crippen LogP contribution in [0.25, 0.3) is 0 Å². The van der Waals surface area contributed by atoms with Crippen LogP contribution in [0.1, 0.15) is 57.2 Å². The van der Waals surface area contributed by atoms with Crippen molar-refractivity contribution in [2.45, 2.75) is 41.2 Å². The predicted octanol–water partition coefficient (Wildman–Crippen LogP) is 3.66. The first-order valence-electron chi connectivity index (χ1n) is 8.22. The van der Waals surface area contributed by atoms with Gasteiger partial charge in [-0.1, -0.05) is 20.8 Å². The second-order valence-electron chi connectivity index (χ2n) is 7.02. The number of hydrogen-bond acceptors (Lipinski definition) is 6. The highest BCUT2D eigenvalue weighted by Crippen LogP contribution is 2.19. The minimum Gasteiger partial charge on any atom is -0.466 e. The Balaban J connectivity index is 1.88. The summed E-state index contributed by atoms with van der Waals surface area (Å²) < 4.78 is 10.4. The van der Waals surface area contributed by atoms with Crippen LogP contribution in [0.15, 0.2) is 22.6 Å². The molecule has 0 spiro atoms. The van der Waals surface area contributed by atoms with Crippen LogP contribution in [0.5, 0.6) is 0 Å². The maximum Gasteiger partial charge on any atom is 0.342 e. The van der Waals surface area contributed by atoms with E-state index >= 15 is 0 Å². The molecule has 0 aliphatic rings. The van der Waals surface area contributed by atoms with Gasteiger partial charge in [-0.05, 0) is 32.0 Å². The van der Waals surface area contributed by atoms with Gasteiger partial charge >= 0.3 is 5.97 Å². The Kier molecular flexibility index (Phi) is 6.02. The Morgan fingerprint density at radius 1 is 1.19 bits per heavy atom. The largest absolute Gasteiger partial charge is 0.466 e. The fraction of sp³-hybridized carbons (Fsp3) is 0.421. The Morgan fingerprint density at radius 2 is 1.88 bits per heavy atom. The fourth-order valence-corrected chi connectivity index (χ4v) is 3.04. The summed E-state index contributed by atoms with van der Waals surface area (Å²) >= 11 is 1.27. The van der Waals surface area contributed by atoms with Crippen molar-refractivity contribution in [3.05, 3.63) is 45.0 Å². The van der Waals surface area contributed by atoms with Gasteiger partial charge < -0.3 is 14.5 Å². The second-order valence-corrected chi connectivity index (χ2v) is 8.19. The van der Waals surface area contributed by atoms with Crippen LogP contribution in [-0.2, 0) is 16.1 Å². The van der Waals surface area contributed by atoms with Crippen molar-refractivity contribution in [3.8, 4) is 0 Å². The molecular weight excluding hydrogens is 354 g/mol. The number of ether oxygens (including phenoxy) is 1.